The molecule has 0 radical (unpaired) electrons. The molecule has 0 fully saturated rings. The molecule has 0 aromatic carbocycles. The molecule has 2 rings (SSSR count). The number of fused-ring (bicyclic) bond motifs is 1. The highest BCUT2D eigenvalue weighted by atomic mass is 32.1. The SMILES string of the molecule is CC(C)c1ncc2sncc2n1. The van der Waals surface area contributed by atoms with Gasteiger partial charge in [-0.1, -0.05) is 13.8 Å². The van der Waals surface area contributed by atoms with Gasteiger partial charge in [0.05, 0.1) is 17.1 Å². The van der Waals surface area contributed by atoms with E-state index in [-0.39, 0.29) is 0 Å². The van der Waals surface area contributed by atoms with Gasteiger partial charge in [0.25, 0.3) is 0 Å². The van der Waals surface area contributed by atoms with Gasteiger partial charge in [0.15, 0.2) is 0 Å². The fourth-order valence-corrected chi connectivity index (χ4v) is 1.53. The molecule has 62 valence electrons. The van der Waals surface area contributed by atoms with E-state index in [1.165, 1.54) is 11.5 Å². The zero-order valence-electron chi connectivity index (χ0n) is 6.98. The predicted octanol–water partition coefficient (Wildman–Crippen LogP) is 2.21. The molecule has 0 aliphatic carbocycles. The molecule has 3 nitrogen and oxygen atoms in total. The minimum absolute atomic E-state index is 0.384. The molecule has 2 aromatic heterocycles. The molecule has 0 N–H and O–H groups in total. The van der Waals surface area contributed by atoms with Gasteiger partial charge in [-0.2, -0.15) is 4.37 Å². The van der Waals surface area contributed by atoms with Crippen molar-refractivity contribution in [2.45, 2.75) is 19.8 Å². The van der Waals surface area contributed by atoms with E-state index in [1.54, 1.807) is 6.20 Å². The van der Waals surface area contributed by atoms with Gasteiger partial charge in [-0.05, 0) is 11.5 Å². The van der Waals surface area contributed by atoms with Crippen molar-refractivity contribution in [3.63, 3.8) is 0 Å². The Hall–Kier alpha value is -1.03. The summed E-state index contributed by atoms with van der Waals surface area (Å²) in [7, 11) is 0. The van der Waals surface area contributed by atoms with Crippen LogP contribution in [0.1, 0.15) is 25.6 Å². The fourth-order valence-electron chi connectivity index (χ4n) is 0.972. The van der Waals surface area contributed by atoms with E-state index in [1.807, 2.05) is 6.20 Å². The molecule has 0 unspecified atom stereocenters. The zero-order valence-corrected chi connectivity index (χ0v) is 7.80. The molecule has 0 amide bonds. The molecule has 2 aromatic rings. The largest absolute Gasteiger partial charge is 0.240 e. The first-order chi connectivity index (χ1) is 5.77. The van der Waals surface area contributed by atoms with Crippen LogP contribution in [0.2, 0.25) is 0 Å². The van der Waals surface area contributed by atoms with E-state index in [0.29, 0.717) is 5.92 Å². The van der Waals surface area contributed by atoms with Crippen molar-refractivity contribution in [2.24, 2.45) is 0 Å². The maximum atomic E-state index is 4.37. The second kappa shape index (κ2) is 2.79. The molecule has 0 spiro atoms. The number of nitrogens with zero attached hydrogens (tertiary/aromatic N) is 3. The Labute approximate surface area is 74.6 Å². The van der Waals surface area contributed by atoms with E-state index >= 15 is 0 Å². The van der Waals surface area contributed by atoms with Gasteiger partial charge in [0, 0.05) is 5.92 Å². The third kappa shape index (κ3) is 1.18. The first-order valence-corrected chi connectivity index (χ1v) is 4.62. The summed E-state index contributed by atoms with van der Waals surface area (Å²) in [5, 5.41) is 0. The summed E-state index contributed by atoms with van der Waals surface area (Å²) in [6.45, 7) is 4.17. The van der Waals surface area contributed by atoms with E-state index in [4.69, 9.17) is 0 Å². The molecule has 0 aliphatic heterocycles. The highest BCUT2D eigenvalue weighted by molar-refractivity contribution is 7.13. The molecule has 0 bridgehead atoms. The third-order valence-electron chi connectivity index (χ3n) is 1.64. The summed E-state index contributed by atoms with van der Waals surface area (Å²) in [6, 6.07) is 0. The van der Waals surface area contributed by atoms with Crippen molar-refractivity contribution in [1.82, 2.24) is 14.3 Å². The van der Waals surface area contributed by atoms with Crippen LogP contribution in [0.15, 0.2) is 12.4 Å². The Morgan fingerprint density at radius 2 is 2.17 bits per heavy atom. The van der Waals surface area contributed by atoms with Gasteiger partial charge in [-0.3, -0.25) is 0 Å². The van der Waals surface area contributed by atoms with Crippen LogP contribution in [-0.4, -0.2) is 14.3 Å². The monoisotopic (exact) mass is 179 g/mol. The number of aromatic nitrogens is 3. The van der Waals surface area contributed by atoms with Gasteiger partial charge >= 0.3 is 0 Å². The Bertz CT molecular complexity index is 394. The number of hydrogen-bond donors (Lipinski definition) is 0. The summed E-state index contributed by atoms with van der Waals surface area (Å²) < 4.78 is 5.10. The zero-order chi connectivity index (χ0) is 8.55. The van der Waals surface area contributed by atoms with Crippen molar-refractivity contribution in [3.05, 3.63) is 18.2 Å². The maximum absolute atomic E-state index is 4.37. The normalized spacial score (nSPS) is 11.2. The van der Waals surface area contributed by atoms with Crippen molar-refractivity contribution in [3.8, 4) is 0 Å². The molecular formula is C8H9N3S. The molecular weight excluding hydrogens is 170 g/mol. The lowest BCUT2D eigenvalue weighted by atomic mass is 10.2. The van der Waals surface area contributed by atoms with Gasteiger partial charge in [-0.25, -0.2) is 9.97 Å². The summed E-state index contributed by atoms with van der Waals surface area (Å²) in [5.74, 6) is 1.27. The lowest BCUT2D eigenvalue weighted by Gasteiger charge is -2.00. The minimum atomic E-state index is 0.384. The van der Waals surface area contributed by atoms with E-state index in [0.717, 1.165) is 16.0 Å². The summed E-state index contributed by atoms with van der Waals surface area (Å²) in [6.07, 6.45) is 3.63. The van der Waals surface area contributed by atoms with Crippen LogP contribution in [0.5, 0.6) is 0 Å². The average molecular weight is 179 g/mol. The van der Waals surface area contributed by atoms with Crippen molar-refractivity contribution < 1.29 is 0 Å². The van der Waals surface area contributed by atoms with Crippen LogP contribution in [-0.2, 0) is 0 Å². The molecule has 0 atom stereocenters. The van der Waals surface area contributed by atoms with Gasteiger partial charge in [-0.15, -0.1) is 0 Å². The second-order valence-corrected chi connectivity index (χ2v) is 3.79. The summed E-state index contributed by atoms with van der Waals surface area (Å²) in [4.78, 5) is 8.61. The topological polar surface area (TPSA) is 38.7 Å². The van der Waals surface area contributed by atoms with Crippen LogP contribution in [0, 0.1) is 0 Å². The molecule has 0 aliphatic rings. The quantitative estimate of drug-likeness (QED) is 0.673. The average Bonchev–Trinajstić information content (AvgIpc) is 2.49. The van der Waals surface area contributed by atoms with Crippen LogP contribution < -0.4 is 0 Å². The van der Waals surface area contributed by atoms with Gasteiger partial charge in [0.2, 0.25) is 0 Å². The third-order valence-corrected chi connectivity index (χ3v) is 2.37. The summed E-state index contributed by atoms with van der Waals surface area (Å²) in [5.41, 5.74) is 0.957. The minimum Gasteiger partial charge on any atom is -0.240 e. The Balaban J connectivity index is 2.60. The predicted molar refractivity (Wildman–Crippen MR) is 49.3 cm³/mol. The smallest absolute Gasteiger partial charge is 0.131 e. The van der Waals surface area contributed by atoms with Gasteiger partial charge < -0.3 is 0 Å². The van der Waals surface area contributed by atoms with E-state index < -0.39 is 0 Å². The number of rotatable bonds is 1. The molecule has 2 heterocycles. The highest BCUT2D eigenvalue weighted by Crippen LogP contribution is 2.17. The van der Waals surface area contributed by atoms with Crippen LogP contribution >= 0.6 is 11.5 Å². The molecule has 0 saturated heterocycles. The van der Waals surface area contributed by atoms with E-state index in [2.05, 4.69) is 28.2 Å². The van der Waals surface area contributed by atoms with E-state index in [9.17, 15) is 0 Å². The number of hydrogen-bond acceptors (Lipinski definition) is 4. The molecule has 12 heavy (non-hydrogen) atoms. The van der Waals surface area contributed by atoms with Crippen molar-refractivity contribution >= 4 is 21.7 Å². The maximum Gasteiger partial charge on any atom is 0.131 e. The molecule has 0 saturated carbocycles. The lowest BCUT2D eigenvalue weighted by molar-refractivity contribution is 0.783. The molecule has 4 heteroatoms. The van der Waals surface area contributed by atoms with Crippen LogP contribution in [0.3, 0.4) is 0 Å². The first kappa shape index (κ1) is 7.61. The first-order valence-electron chi connectivity index (χ1n) is 3.84. The van der Waals surface area contributed by atoms with Crippen molar-refractivity contribution in [1.29, 1.82) is 0 Å². The van der Waals surface area contributed by atoms with Crippen molar-refractivity contribution in [2.75, 3.05) is 0 Å². The van der Waals surface area contributed by atoms with Gasteiger partial charge in [0.1, 0.15) is 11.3 Å². The standard InChI is InChI=1S/C8H9N3S/c1-5(2)8-9-4-7-6(11-8)3-10-12-7/h3-5H,1-2H3. The lowest BCUT2D eigenvalue weighted by Crippen LogP contribution is -1.95. The van der Waals surface area contributed by atoms with Crippen LogP contribution in [0.25, 0.3) is 10.2 Å². The Morgan fingerprint density at radius 1 is 1.33 bits per heavy atom. The summed E-state index contributed by atoms with van der Waals surface area (Å²) >= 11 is 1.43. The highest BCUT2D eigenvalue weighted by Gasteiger charge is 2.04. The Kier molecular flexibility index (Phi) is 1.77. The second-order valence-electron chi connectivity index (χ2n) is 2.96. The Morgan fingerprint density at radius 3 is 2.92 bits per heavy atom. The fraction of sp³-hybridized carbons (Fsp3) is 0.375. The van der Waals surface area contributed by atoms with Crippen LogP contribution in [0.4, 0.5) is 0 Å².